The number of benzene rings is 3. The van der Waals surface area contributed by atoms with Crippen molar-refractivity contribution in [3.63, 3.8) is 0 Å². The van der Waals surface area contributed by atoms with Gasteiger partial charge >= 0.3 is 11.9 Å². The van der Waals surface area contributed by atoms with Crippen LogP contribution in [0.15, 0.2) is 103 Å². The number of carbonyl (C=O) groups is 2. The topological polar surface area (TPSA) is 80.3 Å². The van der Waals surface area contributed by atoms with Crippen LogP contribution in [0.4, 0.5) is 0 Å². The van der Waals surface area contributed by atoms with E-state index in [1.54, 1.807) is 24.3 Å². The van der Waals surface area contributed by atoms with E-state index in [9.17, 15) is 9.59 Å². The highest BCUT2D eigenvalue weighted by molar-refractivity contribution is 5.89. The number of rotatable bonds is 11. The molecule has 7 heteroatoms. The zero-order valence-corrected chi connectivity index (χ0v) is 20.6. The minimum absolute atomic E-state index is 0.244. The molecule has 37 heavy (non-hydrogen) atoms. The van der Waals surface area contributed by atoms with Crippen LogP contribution in [0.2, 0.25) is 0 Å². The van der Waals surface area contributed by atoms with Gasteiger partial charge in [-0.25, -0.2) is 9.59 Å². The van der Waals surface area contributed by atoms with Crippen molar-refractivity contribution in [2.45, 2.75) is 37.6 Å². The molecule has 7 nitrogen and oxygen atoms in total. The Bertz CT molecular complexity index is 1150. The predicted octanol–water partition coefficient (Wildman–Crippen LogP) is 5.03. The summed E-state index contributed by atoms with van der Waals surface area (Å²) in [6.07, 6.45) is 0.792. The number of ether oxygens (including phenoxy) is 5. The lowest BCUT2D eigenvalue weighted by molar-refractivity contribution is -0.134. The van der Waals surface area contributed by atoms with Crippen molar-refractivity contribution < 1.29 is 33.3 Å². The molecule has 1 saturated heterocycles. The Kier molecular flexibility index (Phi) is 9.60. The zero-order valence-electron chi connectivity index (χ0n) is 20.6. The van der Waals surface area contributed by atoms with Gasteiger partial charge in [0.2, 0.25) is 0 Å². The fourth-order valence-corrected chi connectivity index (χ4v) is 3.93. The Morgan fingerprint density at radius 2 is 1.59 bits per heavy atom. The third-order valence-electron chi connectivity index (χ3n) is 5.88. The second-order valence-electron chi connectivity index (χ2n) is 8.51. The van der Waals surface area contributed by atoms with Crippen LogP contribution in [0.3, 0.4) is 0 Å². The molecule has 1 aliphatic heterocycles. The second-order valence-corrected chi connectivity index (χ2v) is 8.51. The first-order chi connectivity index (χ1) is 18.1. The maximum atomic E-state index is 12.8. The molecule has 0 bridgehead atoms. The summed E-state index contributed by atoms with van der Waals surface area (Å²) in [5, 5.41) is 0. The molecule has 1 aliphatic rings. The van der Waals surface area contributed by atoms with E-state index in [1.165, 1.54) is 19.3 Å². The molecule has 0 N–H and O–H groups in total. The fraction of sp³-hybridized carbons (Fsp3) is 0.267. The van der Waals surface area contributed by atoms with E-state index in [0.29, 0.717) is 18.8 Å². The Morgan fingerprint density at radius 1 is 0.946 bits per heavy atom. The van der Waals surface area contributed by atoms with Crippen molar-refractivity contribution >= 4 is 11.9 Å². The summed E-state index contributed by atoms with van der Waals surface area (Å²) >= 11 is 0. The molecule has 0 aliphatic carbocycles. The van der Waals surface area contributed by atoms with Gasteiger partial charge < -0.3 is 23.7 Å². The highest BCUT2D eigenvalue weighted by Crippen LogP contribution is 2.31. The lowest BCUT2D eigenvalue weighted by Gasteiger charge is -2.26. The Balaban J connectivity index is 1.52. The number of methoxy groups -OCH3 is 1. The van der Waals surface area contributed by atoms with Gasteiger partial charge in [0.1, 0.15) is 12.2 Å². The molecule has 4 atom stereocenters. The summed E-state index contributed by atoms with van der Waals surface area (Å²) in [5.41, 5.74) is 2.31. The summed E-state index contributed by atoms with van der Waals surface area (Å²) in [6.45, 7) is 0.639. The van der Waals surface area contributed by atoms with E-state index < -0.39 is 36.5 Å². The van der Waals surface area contributed by atoms with Crippen LogP contribution in [0, 0.1) is 0 Å². The van der Waals surface area contributed by atoms with Crippen LogP contribution in [-0.4, -0.2) is 44.0 Å². The monoisotopic (exact) mass is 502 g/mol. The second kappa shape index (κ2) is 13.5. The highest BCUT2D eigenvalue weighted by Gasteiger charge is 2.36. The molecule has 1 heterocycles. The van der Waals surface area contributed by atoms with E-state index in [-0.39, 0.29) is 6.42 Å². The van der Waals surface area contributed by atoms with Crippen molar-refractivity contribution in [3.05, 3.63) is 120 Å². The van der Waals surface area contributed by atoms with E-state index >= 15 is 0 Å². The summed E-state index contributed by atoms with van der Waals surface area (Å²) < 4.78 is 29.0. The minimum Gasteiger partial charge on any atom is -0.466 e. The van der Waals surface area contributed by atoms with Crippen LogP contribution in [-0.2, 0) is 35.1 Å². The molecule has 0 radical (unpaired) electrons. The molecule has 4 rings (SSSR count). The summed E-state index contributed by atoms with van der Waals surface area (Å²) in [7, 11) is 1.29. The maximum Gasteiger partial charge on any atom is 0.338 e. The first-order valence-electron chi connectivity index (χ1n) is 12.1. The molecule has 3 aromatic rings. The third kappa shape index (κ3) is 7.85. The Hall–Kier alpha value is -3.78. The summed E-state index contributed by atoms with van der Waals surface area (Å²) in [4.78, 5) is 24.6. The van der Waals surface area contributed by atoms with Crippen molar-refractivity contribution in [3.8, 4) is 0 Å². The van der Waals surface area contributed by atoms with Gasteiger partial charge in [-0.05, 0) is 23.8 Å². The first kappa shape index (κ1) is 26.3. The van der Waals surface area contributed by atoms with E-state index in [1.807, 2.05) is 66.7 Å². The van der Waals surface area contributed by atoms with E-state index in [2.05, 4.69) is 0 Å². The SMILES string of the molecule is COC(=O)/C=C\[C@@H](C[C@@H](OCc1ccccc1)[C@@H]1COC(c2ccccc2)O1)OC(=O)c1ccccc1. The van der Waals surface area contributed by atoms with Crippen LogP contribution < -0.4 is 0 Å². The van der Waals surface area contributed by atoms with Gasteiger partial charge in [-0.3, -0.25) is 0 Å². The summed E-state index contributed by atoms with van der Waals surface area (Å²) in [6, 6.07) is 28.1. The van der Waals surface area contributed by atoms with Gasteiger partial charge in [-0.1, -0.05) is 78.9 Å². The van der Waals surface area contributed by atoms with Crippen molar-refractivity contribution in [2.75, 3.05) is 13.7 Å². The highest BCUT2D eigenvalue weighted by atomic mass is 16.7. The zero-order chi connectivity index (χ0) is 25.9. The quantitative estimate of drug-likeness (QED) is 0.269. The van der Waals surface area contributed by atoms with Crippen LogP contribution in [0.1, 0.15) is 34.2 Å². The van der Waals surface area contributed by atoms with Gasteiger partial charge in [0.15, 0.2) is 6.29 Å². The molecule has 1 fully saturated rings. The third-order valence-corrected chi connectivity index (χ3v) is 5.88. The molecule has 0 spiro atoms. The largest absolute Gasteiger partial charge is 0.466 e. The number of carbonyl (C=O) groups excluding carboxylic acids is 2. The van der Waals surface area contributed by atoms with Gasteiger partial charge in [0.25, 0.3) is 0 Å². The average molecular weight is 503 g/mol. The van der Waals surface area contributed by atoms with Gasteiger partial charge in [0.05, 0.1) is 32.0 Å². The number of esters is 2. The summed E-state index contributed by atoms with van der Waals surface area (Å²) in [5.74, 6) is -1.06. The molecule has 0 amide bonds. The molecular formula is C30H30O7. The maximum absolute atomic E-state index is 12.8. The van der Waals surface area contributed by atoms with Crippen LogP contribution in [0.5, 0.6) is 0 Å². The molecule has 3 aromatic carbocycles. The Morgan fingerprint density at radius 3 is 2.27 bits per heavy atom. The van der Waals surface area contributed by atoms with Crippen molar-refractivity contribution in [1.82, 2.24) is 0 Å². The van der Waals surface area contributed by atoms with Gasteiger partial charge in [0, 0.05) is 18.1 Å². The lowest BCUT2D eigenvalue weighted by atomic mass is 10.1. The van der Waals surface area contributed by atoms with E-state index in [4.69, 9.17) is 23.7 Å². The van der Waals surface area contributed by atoms with Crippen LogP contribution in [0.25, 0.3) is 0 Å². The molecular weight excluding hydrogens is 472 g/mol. The van der Waals surface area contributed by atoms with Crippen LogP contribution >= 0.6 is 0 Å². The van der Waals surface area contributed by atoms with Gasteiger partial charge in [-0.2, -0.15) is 0 Å². The first-order valence-corrected chi connectivity index (χ1v) is 12.1. The van der Waals surface area contributed by atoms with Gasteiger partial charge in [-0.15, -0.1) is 0 Å². The normalized spacial score (nSPS) is 18.8. The number of hydrogen-bond acceptors (Lipinski definition) is 7. The van der Waals surface area contributed by atoms with E-state index in [0.717, 1.165) is 11.1 Å². The standard InChI is InChI=1S/C30H30O7/c1-33-28(31)18-17-25(36-29(32)23-13-7-3-8-14-23)19-26(34-20-22-11-5-2-6-12-22)27-21-35-30(37-27)24-15-9-4-10-16-24/h2-18,25-27,30H,19-21H2,1H3/b18-17-/t25-,26+,27-,30?/m0/s1. The fourth-order valence-electron chi connectivity index (χ4n) is 3.93. The molecule has 192 valence electrons. The number of hydrogen-bond donors (Lipinski definition) is 0. The Labute approximate surface area is 216 Å². The molecule has 0 saturated carbocycles. The predicted molar refractivity (Wildman–Crippen MR) is 136 cm³/mol. The minimum atomic E-state index is -0.771. The smallest absolute Gasteiger partial charge is 0.338 e. The van der Waals surface area contributed by atoms with Crippen molar-refractivity contribution in [2.24, 2.45) is 0 Å². The molecule has 0 aromatic heterocycles. The van der Waals surface area contributed by atoms with Crippen molar-refractivity contribution in [1.29, 1.82) is 0 Å². The average Bonchev–Trinajstić information content (AvgIpc) is 3.45. The lowest BCUT2D eigenvalue weighted by Crippen LogP contribution is -2.35. The molecule has 1 unspecified atom stereocenters.